The van der Waals surface area contributed by atoms with E-state index in [1.807, 2.05) is 74.5 Å². The van der Waals surface area contributed by atoms with E-state index >= 15 is 0 Å². The average molecular weight is 421 g/mol. The number of rotatable bonds is 7. The SMILES string of the molecule is Cc1cccc(NC(=O)C[S@@](=O)CC(=O)Nc2ccccc2-c2ccccc2)c1C. The molecule has 0 aromatic heterocycles. The number of anilines is 2. The molecule has 2 N–H and O–H groups in total. The van der Waals surface area contributed by atoms with Crippen LogP contribution in [0.25, 0.3) is 11.1 Å². The molecule has 0 spiro atoms. The van der Waals surface area contributed by atoms with Crippen LogP contribution in [0.4, 0.5) is 11.4 Å². The van der Waals surface area contributed by atoms with Crippen LogP contribution in [0.2, 0.25) is 0 Å². The van der Waals surface area contributed by atoms with Crippen molar-refractivity contribution in [2.75, 3.05) is 22.1 Å². The van der Waals surface area contributed by atoms with Gasteiger partial charge in [-0.25, -0.2) is 0 Å². The number of hydrogen-bond acceptors (Lipinski definition) is 3. The number of hydrogen-bond donors (Lipinski definition) is 2. The third-order valence-electron chi connectivity index (χ3n) is 4.75. The molecule has 0 aliphatic heterocycles. The van der Waals surface area contributed by atoms with Crippen LogP contribution in [0.1, 0.15) is 11.1 Å². The Morgan fingerprint density at radius 3 is 2.00 bits per heavy atom. The maximum absolute atomic E-state index is 12.4. The highest BCUT2D eigenvalue weighted by atomic mass is 32.2. The average Bonchev–Trinajstić information content (AvgIpc) is 2.72. The third kappa shape index (κ3) is 5.64. The first kappa shape index (κ1) is 21.5. The van der Waals surface area contributed by atoms with Crippen LogP contribution in [0, 0.1) is 13.8 Å². The number of carbonyl (C=O) groups excluding carboxylic acids is 2. The van der Waals surface area contributed by atoms with Gasteiger partial charge in [-0.1, -0.05) is 60.7 Å². The van der Waals surface area contributed by atoms with Crippen molar-refractivity contribution in [3.05, 3.63) is 83.9 Å². The lowest BCUT2D eigenvalue weighted by Crippen LogP contribution is -2.26. The highest BCUT2D eigenvalue weighted by Gasteiger charge is 2.15. The van der Waals surface area contributed by atoms with Crippen LogP contribution in [0.5, 0.6) is 0 Å². The van der Waals surface area contributed by atoms with E-state index in [4.69, 9.17) is 0 Å². The van der Waals surface area contributed by atoms with Gasteiger partial charge < -0.3 is 10.6 Å². The van der Waals surface area contributed by atoms with Gasteiger partial charge in [0.15, 0.2) is 0 Å². The Balaban J connectivity index is 1.58. The lowest BCUT2D eigenvalue weighted by molar-refractivity contribution is -0.114. The van der Waals surface area contributed by atoms with Crippen LogP contribution in [-0.2, 0) is 20.4 Å². The van der Waals surface area contributed by atoms with Gasteiger partial charge in [-0.2, -0.15) is 0 Å². The lowest BCUT2D eigenvalue weighted by Gasteiger charge is -2.12. The van der Waals surface area contributed by atoms with Crippen molar-refractivity contribution in [3.63, 3.8) is 0 Å². The number of benzene rings is 3. The molecule has 154 valence electrons. The standard InChI is InChI=1S/C24H24N2O3S/c1-17-9-8-14-21(18(17)2)25-23(27)15-30(29)16-24(28)26-22-13-7-6-12-20(22)19-10-4-3-5-11-19/h3-14H,15-16H2,1-2H3,(H,25,27)(H,26,28)/t30-/m1/s1. The minimum atomic E-state index is -1.61. The van der Waals surface area contributed by atoms with E-state index in [0.29, 0.717) is 11.4 Å². The first-order valence-corrected chi connectivity index (χ1v) is 11.1. The molecule has 0 radical (unpaired) electrons. The fourth-order valence-electron chi connectivity index (χ4n) is 3.06. The maximum Gasteiger partial charge on any atom is 0.237 e. The summed E-state index contributed by atoms with van der Waals surface area (Å²) in [5, 5.41) is 5.59. The Morgan fingerprint density at radius 2 is 1.30 bits per heavy atom. The Kier molecular flexibility index (Phi) is 7.14. The van der Waals surface area contributed by atoms with Crippen LogP contribution in [0.3, 0.4) is 0 Å². The van der Waals surface area contributed by atoms with Gasteiger partial charge in [0.25, 0.3) is 0 Å². The Morgan fingerprint density at radius 1 is 0.733 bits per heavy atom. The normalized spacial score (nSPS) is 11.5. The molecule has 0 saturated carbocycles. The lowest BCUT2D eigenvalue weighted by atomic mass is 10.0. The second-order valence-electron chi connectivity index (χ2n) is 6.98. The molecule has 0 fully saturated rings. The van der Waals surface area contributed by atoms with E-state index in [-0.39, 0.29) is 17.4 Å². The largest absolute Gasteiger partial charge is 0.325 e. The molecule has 2 amide bonds. The molecule has 3 aromatic rings. The molecule has 1 atom stereocenters. The monoisotopic (exact) mass is 420 g/mol. The summed E-state index contributed by atoms with van der Waals surface area (Å²) in [7, 11) is -1.61. The number of amides is 2. The zero-order valence-corrected chi connectivity index (χ0v) is 17.8. The quantitative estimate of drug-likeness (QED) is 0.599. The van der Waals surface area contributed by atoms with E-state index in [1.165, 1.54) is 0 Å². The summed E-state index contributed by atoms with van der Waals surface area (Å²) in [6.07, 6.45) is 0. The predicted molar refractivity (Wildman–Crippen MR) is 123 cm³/mol. The van der Waals surface area contributed by atoms with Crippen molar-refractivity contribution < 1.29 is 13.8 Å². The van der Waals surface area contributed by atoms with Gasteiger partial charge in [0.2, 0.25) is 11.8 Å². The molecule has 0 heterocycles. The van der Waals surface area contributed by atoms with Crippen molar-refractivity contribution in [3.8, 4) is 11.1 Å². The minimum Gasteiger partial charge on any atom is -0.325 e. The summed E-state index contributed by atoms with van der Waals surface area (Å²) >= 11 is 0. The molecule has 0 aliphatic rings. The van der Waals surface area contributed by atoms with Crippen LogP contribution < -0.4 is 10.6 Å². The van der Waals surface area contributed by atoms with Crippen molar-refractivity contribution >= 4 is 34.0 Å². The molecule has 0 bridgehead atoms. The van der Waals surface area contributed by atoms with Crippen molar-refractivity contribution in [1.29, 1.82) is 0 Å². The van der Waals surface area contributed by atoms with Crippen LogP contribution in [0.15, 0.2) is 72.8 Å². The summed E-state index contributed by atoms with van der Waals surface area (Å²) in [5.41, 5.74) is 5.22. The topological polar surface area (TPSA) is 75.3 Å². The van der Waals surface area contributed by atoms with E-state index in [1.54, 1.807) is 12.1 Å². The molecule has 0 unspecified atom stereocenters. The predicted octanol–water partition coefficient (Wildman–Crippen LogP) is 4.30. The van der Waals surface area contributed by atoms with Crippen molar-refractivity contribution in [2.24, 2.45) is 0 Å². The van der Waals surface area contributed by atoms with Gasteiger partial charge in [-0.15, -0.1) is 0 Å². The minimum absolute atomic E-state index is 0.235. The number of nitrogens with one attached hydrogen (secondary N) is 2. The third-order valence-corrected chi connectivity index (χ3v) is 5.92. The summed E-state index contributed by atoms with van der Waals surface area (Å²) < 4.78 is 12.3. The van der Waals surface area contributed by atoms with Gasteiger partial charge in [0, 0.05) is 27.7 Å². The molecule has 3 aromatic carbocycles. The molecular formula is C24H24N2O3S. The van der Waals surface area contributed by atoms with Crippen LogP contribution >= 0.6 is 0 Å². The zero-order chi connectivity index (χ0) is 21.5. The van der Waals surface area contributed by atoms with E-state index in [2.05, 4.69) is 10.6 Å². The molecule has 0 saturated heterocycles. The summed E-state index contributed by atoms with van der Waals surface area (Å²) in [6.45, 7) is 3.88. The first-order valence-electron chi connectivity index (χ1n) is 9.59. The van der Waals surface area contributed by atoms with Gasteiger partial charge in [0.1, 0.15) is 11.5 Å². The first-order chi connectivity index (χ1) is 14.4. The van der Waals surface area contributed by atoms with E-state index < -0.39 is 16.7 Å². The molecule has 6 heteroatoms. The maximum atomic E-state index is 12.4. The van der Waals surface area contributed by atoms with Crippen LogP contribution in [-0.4, -0.2) is 27.5 Å². The number of para-hydroxylation sites is 1. The molecule has 30 heavy (non-hydrogen) atoms. The Labute approximate surface area is 179 Å². The zero-order valence-electron chi connectivity index (χ0n) is 17.0. The molecule has 5 nitrogen and oxygen atoms in total. The van der Waals surface area contributed by atoms with Gasteiger partial charge >= 0.3 is 0 Å². The Hall–Kier alpha value is -3.25. The molecule has 0 aliphatic carbocycles. The highest BCUT2D eigenvalue weighted by molar-refractivity contribution is 7.86. The Bertz CT molecular complexity index is 1080. The fraction of sp³-hybridized carbons (Fsp3) is 0.167. The summed E-state index contributed by atoms with van der Waals surface area (Å²) in [4.78, 5) is 24.6. The number of aryl methyl sites for hydroxylation is 1. The summed E-state index contributed by atoms with van der Waals surface area (Å²) in [5.74, 6) is -1.25. The van der Waals surface area contributed by atoms with Gasteiger partial charge in [0.05, 0.1) is 0 Å². The molecular weight excluding hydrogens is 396 g/mol. The second-order valence-corrected chi connectivity index (χ2v) is 8.44. The second kappa shape index (κ2) is 9.98. The van der Waals surface area contributed by atoms with Gasteiger partial charge in [-0.05, 0) is 42.7 Å². The summed E-state index contributed by atoms with van der Waals surface area (Å²) in [6, 6.07) is 22.8. The fourth-order valence-corrected chi connectivity index (χ4v) is 3.90. The molecule has 3 rings (SSSR count). The highest BCUT2D eigenvalue weighted by Crippen LogP contribution is 2.27. The van der Waals surface area contributed by atoms with E-state index in [0.717, 1.165) is 22.3 Å². The van der Waals surface area contributed by atoms with Crippen molar-refractivity contribution in [2.45, 2.75) is 13.8 Å². The van der Waals surface area contributed by atoms with E-state index in [9.17, 15) is 13.8 Å². The van der Waals surface area contributed by atoms with Gasteiger partial charge in [-0.3, -0.25) is 13.8 Å². The smallest absolute Gasteiger partial charge is 0.237 e. The number of carbonyl (C=O) groups is 2. The van der Waals surface area contributed by atoms with Crippen molar-refractivity contribution in [1.82, 2.24) is 0 Å².